The fourth-order valence-electron chi connectivity index (χ4n) is 3.19. The molecule has 1 atom stereocenters. The Kier molecular flexibility index (Phi) is 3.55. The van der Waals surface area contributed by atoms with E-state index < -0.39 is 5.60 Å². The molecule has 122 valence electrons. The molecule has 24 heavy (non-hydrogen) atoms. The van der Waals surface area contributed by atoms with E-state index in [9.17, 15) is 5.11 Å². The van der Waals surface area contributed by atoms with Crippen LogP contribution in [0.1, 0.15) is 23.4 Å². The van der Waals surface area contributed by atoms with Gasteiger partial charge in [-0.3, -0.25) is 15.0 Å². The van der Waals surface area contributed by atoms with E-state index in [2.05, 4.69) is 21.0 Å². The van der Waals surface area contributed by atoms with E-state index in [0.29, 0.717) is 19.6 Å². The summed E-state index contributed by atoms with van der Waals surface area (Å²) in [6, 6.07) is 5.93. The topological polar surface area (TPSA) is 68.1 Å². The molecule has 4 heterocycles. The van der Waals surface area contributed by atoms with Crippen LogP contribution in [0.15, 0.2) is 36.8 Å². The smallest absolute Gasteiger partial charge is 0.117 e. The van der Waals surface area contributed by atoms with Gasteiger partial charge in [0.1, 0.15) is 5.60 Å². The Labute approximate surface area is 140 Å². The first-order valence-electron chi connectivity index (χ1n) is 8.06. The largest absolute Gasteiger partial charge is 0.383 e. The maximum atomic E-state index is 10.6. The van der Waals surface area contributed by atoms with Crippen molar-refractivity contribution < 1.29 is 9.84 Å². The van der Waals surface area contributed by atoms with Crippen molar-refractivity contribution in [2.75, 3.05) is 13.2 Å². The summed E-state index contributed by atoms with van der Waals surface area (Å²) in [4.78, 5) is 13.4. The first-order valence-corrected chi connectivity index (χ1v) is 8.06. The van der Waals surface area contributed by atoms with Gasteiger partial charge in [-0.1, -0.05) is 6.07 Å². The monoisotopic (exact) mass is 321 g/mol. The molecule has 4 rings (SSSR count). The van der Waals surface area contributed by atoms with Crippen molar-refractivity contribution in [3.05, 3.63) is 53.7 Å². The van der Waals surface area contributed by atoms with Gasteiger partial charge in [-0.2, -0.15) is 0 Å². The summed E-state index contributed by atoms with van der Waals surface area (Å²) in [5.41, 5.74) is 3.61. The Morgan fingerprint density at radius 3 is 2.62 bits per heavy atom. The zero-order valence-electron chi connectivity index (χ0n) is 13.8. The van der Waals surface area contributed by atoms with Crippen LogP contribution >= 0.6 is 0 Å². The fraction of sp³-hybridized carbons (Fsp3) is 0.316. The maximum Gasteiger partial charge on any atom is 0.117 e. The Morgan fingerprint density at radius 2 is 1.92 bits per heavy atom. The van der Waals surface area contributed by atoms with Crippen LogP contribution in [-0.2, 0) is 10.3 Å². The van der Waals surface area contributed by atoms with Crippen LogP contribution in [0.2, 0.25) is 0 Å². The zero-order valence-corrected chi connectivity index (χ0v) is 13.8. The molecular weight excluding hydrogens is 302 g/mol. The predicted octanol–water partition coefficient (Wildman–Crippen LogP) is 2.92. The summed E-state index contributed by atoms with van der Waals surface area (Å²) in [6.07, 6.45) is 6.06. The third-order valence-corrected chi connectivity index (χ3v) is 4.69. The predicted molar refractivity (Wildman–Crippen MR) is 91.6 cm³/mol. The first-order chi connectivity index (χ1) is 11.6. The molecule has 1 N–H and O–H groups in total. The Bertz CT molecular complexity index is 900. The number of pyridine rings is 3. The average molecular weight is 321 g/mol. The molecule has 0 bridgehead atoms. The van der Waals surface area contributed by atoms with E-state index in [1.54, 1.807) is 6.20 Å². The quantitative estimate of drug-likeness (QED) is 0.786. The third-order valence-electron chi connectivity index (χ3n) is 4.69. The molecule has 5 nitrogen and oxygen atoms in total. The van der Waals surface area contributed by atoms with Gasteiger partial charge >= 0.3 is 0 Å². The number of aromatic nitrogens is 3. The zero-order chi connectivity index (χ0) is 16.7. The van der Waals surface area contributed by atoms with Gasteiger partial charge in [-0.05, 0) is 31.4 Å². The van der Waals surface area contributed by atoms with E-state index in [1.807, 2.05) is 38.4 Å². The first kappa shape index (κ1) is 15.2. The highest BCUT2D eigenvalue weighted by Crippen LogP contribution is 2.32. The van der Waals surface area contributed by atoms with Gasteiger partial charge in [0.25, 0.3) is 0 Å². The molecular formula is C19H19N3O2. The Balaban J connectivity index is 1.80. The lowest BCUT2D eigenvalue weighted by atomic mass is 9.94. The van der Waals surface area contributed by atoms with Crippen molar-refractivity contribution in [3.8, 4) is 11.3 Å². The van der Waals surface area contributed by atoms with Gasteiger partial charge in [0, 0.05) is 59.5 Å². The minimum atomic E-state index is -0.917. The van der Waals surface area contributed by atoms with Crippen molar-refractivity contribution in [1.29, 1.82) is 0 Å². The normalized spacial score (nSPS) is 20.6. The summed E-state index contributed by atoms with van der Waals surface area (Å²) in [6.45, 7) is 4.87. The summed E-state index contributed by atoms with van der Waals surface area (Å²) < 4.78 is 5.32. The van der Waals surface area contributed by atoms with Crippen LogP contribution in [0.4, 0.5) is 0 Å². The van der Waals surface area contributed by atoms with Crippen molar-refractivity contribution in [3.63, 3.8) is 0 Å². The van der Waals surface area contributed by atoms with Gasteiger partial charge in [-0.25, -0.2) is 0 Å². The second-order valence-corrected chi connectivity index (χ2v) is 6.39. The van der Waals surface area contributed by atoms with Gasteiger partial charge in [0.05, 0.1) is 12.3 Å². The van der Waals surface area contributed by atoms with Crippen molar-refractivity contribution >= 4 is 10.8 Å². The summed E-state index contributed by atoms with van der Waals surface area (Å²) in [7, 11) is 0. The number of rotatable bonds is 2. The summed E-state index contributed by atoms with van der Waals surface area (Å²) in [5.74, 6) is 0. The van der Waals surface area contributed by atoms with Crippen LogP contribution in [-0.4, -0.2) is 33.3 Å². The highest BCUT2D eigenvalue weighted by atomic mass is 16.5. The van der Waals surface area contributed by atoms with Crippen molar-refractivity contribution in [1.82, 2.24) is 15.0 Å². The Morgan fingerprint density at radius 1 is 1.04 bits per heavy atom. The number of aliphatic hydroxyl groups is 1. The molecule has 0 unspecified atom stereocenters. The molecule has 0 spiro atoms. The molecule has 5 heteroatoms. The number of ether oxygens (including phenoxy) is 1. The van der Waals surface area contributed by atoms with Gasteiger partial charge in [-0.15, -0.1) is 0 Å². The van der Waals surface area contributed by atoms with Crippen LogP contribution in [0.3, 0.4) is 0 Å². The lowest BCUT2D eigenvalue weighted by Gasteiger charge is -2.20. The highest BCUT2D eigenvalue weighted by Gasteiger charge is 2.34. The highest BCUT2D eigenvalue weighted by molar-refractivity contribution is 5.96. The summed E-state index contributed by atoms with van der Waals surface area (Å²) >= 11 is 0. The fourth-order valence-corrected chi connectivity index (χ4v) is 3.19. The van der Waals surface area contributed by atoms with Crippen molar-refractivity contribution in [2.24, 2.45) is 0 Å². The van der Waals surface area contributed by atoms with Crippen LogP contribution in [0.25, 0.3) is 22.0 Å². The minimum absolute atomic E-state index is 0.327. The average Bonchev–Trinajstić information content (AvgIpc) is 3.03. The second-order valence-electron chi connectivity index (χ2n) is 6.39. The second kappa shape index (κ2) is 5.61. The lowest BCUT2D eigenvalue weighted by molar-refractivity contribution is 0.0229. The number of fused-ring (bicyclic) bond motifs is 1. The molecule has 3 aromatic rings. The van der Waals surface area contributed by atoms with Crippen LogP contribution in [0, 0.1) is 13.8 Å². The molecule has 1 aliphatic heterocycles. The van der Waals surface area contributed by atoms with E-state index >= 15 is 0 Å². The molecule has 1 aliphatic rings. The summed E-state index contributed by atoms with van der Waals surface area (Å²) in [5, 5.41) is 12.7. The molecule has 0 aliphatic carbocycles. The maximum absolute atomic E-state index is 10.6. The lowest BCUT2D eigenvalue weighted by Crippen LogP contribution is -2.25. The van der Waals surface area contributed by atoms with E-state index in [4.69, 9.17) is 4.74 Å². The molecule has 1 fully saturated rings. The molecule has 0 saturated carbocycles. The number of aryl methyl sites for hydroxylation is 2. The van der Waals surface area contributed by atoms with E-state index in [-0.39, 0.29) is 0 Å². The van der Waals surface area contributed by atoms with Gasteiger partial charge < -0.3 is 9.84 Å². The van der Waals surface area contributed by atoms with E-state index in [0.717, 1.165) is 39.0 Å². The van der Waals surface area contributed by atoms with E-state index in [1.165, 1.54) is 0 Å². The van der Waals surface area contributed by atoms with Crippen LogP contribution < -0.4 is 0 Å². The van der Waals surface area contributed by atoms with Crippen molar-refractivity contribution in [2.45, 2.75) is 25.9 Å². The molecule has 0 radical (unpaired) electrons. The number of hydrogen-bond acceptors (Lipinski definition) is 5. The standard InChI is InChI=1S/C19H19N3O2/c1-12-7-15-16(9-20-12)13(2)21-10-17(15)18-4-3-14(8-22-18)19(23)5-6-24-11-19/h3-4,7-10,23H,5-6,11H2,1-2H3/t19-/m0/s1. The molecule has 3 aromatic heterocycles. The molecule has 0 amide bonds. The number of hydrogen-bond donors (Lipinski definition) is 1. The third kappa shape index (κ3) is 2.46. The Hall–Kier alpha value is -2.37. The minimum Gasteiger partial charge on any atom is -0.383 e. The SMILES string of the molecule is Cc1cc2c(-c3ccc([C@]4(O)CCOC4)cn3)cnc(C)c2cn1. The van der Waals surface area contributed by atoms with Crippen LogP contribution in [0.5, 0.6) is 0 Å². The van der Waals surface area contributed by atoms with Gasteiger partial charge in [0.2, 0.25) is 0 Å². The number of nitrogens with zero attached hydrogens (tertiary/aromatic N) is 3. The molecule has 1 saturated heterocycles. The van der Waals surface area contributed by atoms with Gasteiger partial charge in [0.15, 0.2) is 0 Å². The molecule has 0 aromatic carbocycles.